The summed E-state index contributed by atoms with van der Waals surface area (Å²) in [6.45, 7) is 3.61. The second kappa shape index (κ2) is 5.22. The topological polar surface area (TPSA) is 54.9 Å². The lowest BCUT2D eigenvalue weighted by Gasteiger charge is -2.02. The zero-order valence-electron chi connectivity index (χ0n) is 9.98. The summed E-state index contributed by atoms with van der Waals surface area (Å²) >= 11 is 1.26. The van der Waals surface area contributed by atoms with E-state index in [1.54, 1.807) is 26.0 Å². The van der Waals surface area contributed by atoms with Gasteiger partial charge in [-0.1, -0.05) is 25.2 Å². The standard InChI is InChI=1S/C12H12FN3OS/c1-7(2)10(17)14-12-16-15-11(18-12)8-3-5-9(13)6-4-8/h3-7H,1-2H3,(H,14,16,17). The van der Waals surface area contributed by atoms with Gasteiger partial charge in [-0.3, -0.25) is 4.79 Å². The largest absolute Gasteiger partial charge is 0.300 e. The number of hydrogen-bond donors (Lipinski definition) is 1. The Labute approximate surface area is 108 Å². The van der Waals surface area contributed by atoms with Crippen molar-refractivity contribution in [1.82, 2.24) is 10.2 Å². The predicted molar refractivity (Wildman–Crippen MR) is 68.8 cm³/mol. The van der Waals surface area contributed by atoms with Gasteiger partial charge in [-0.25, -0.2) is 4.39 Å². The lowest BCUT2D eigenvalue weighted by molar-refractivity contribution is -0.118. The molecule has 1 aromatic heterocycles. The van der Waals surface area contributed by atoms with Crippen LogP contribution >= 0.6 is 11.3 Å². The summed E-state index contributed by atoms with van der Waals surface area (Å²) in [5, 5.41) is 11.6. The normalized spacial score (nSPS) is 10.7. The molecule has 0 atom stereocenters. The highest BCUT2D eigenvalue weighted by Crippen LogP contribution is 2.26. The van der Waals surface area contributed by atoms with Crippen LogP contribution in [0.25, 0.3) is 10.6 Å². The lowest BCUT2D eigenvalue weighted by Crippen LogP contribution is -2.17. The van der Waals surface area contributed by atoms with Gasteiger partial charge in [0.05, 0.1) is 0 Å². The first-order chi connectivity index (χ1) is 8.56. The number of carbonyl (C=O) groups is 1. The minimum Gasteiger partial charge on any atom is -0.300 e. The summed E-state index contributed by atoms with van der Waals surface area (Å²) in [7, 11) is 0. The number of anilines is 1. The van der Waals surface area contributed by atoms with Crippen LogP contribution in [0.3, 0.4) is 0 Å². The maximum Gasteiger partial charge on any atom is 0.228 e. The Balaban J connectivity index is 2.15. The van der Waals surface area contributed by atoms with Crippen LogP contribution in [0.4, 0.5) is 9.52 Å². The van der Waals surface area contributed by atoms with Crippen molar-refractivity contribution in [2.24, 2.45) is 5.92 Å². The van der Waals surface area contributed by atoms with Gasteiger partial charge in [0, 0.05) is 11.5 Å². The summed E-state index contributed by atoms with van der Waals surface area (Å²) in [4.78, 5) is 11.5. The van der Waals surface area contributed by atoms with Gasteiger partial charge in [0.25, 0.3) is 0 Å². The van der Waals surface area contributed by atoms with E-state index in [9.17, 15) is 9.18 Å². The maximum absolute atomic E-state index is 12.8. The first-order valence-corrected chi connectivity index (χ1v) is 6.28. The van der Waals surface area contributed by atoms with E-state index in [0.29, 0.717) is 10.1 Å². The second-order valence-electron chi connectivity index (χ2n) is 4.06. The Morgan fingerprint density at radius 2 is 1.94 bits per heavy atom. The van der Waals surface area contributed by atoms with Crippen molar-refractivity contribution in [2.75, 3.05) is 5.32 Å². The fourth-order valence-corrected chi connectivity index (χ4v) is 1.98. The quantitative estimate of drug-likeness (QED) is 0.928. The third-order valence-corrected chi connectivity index (χ3v) is 3.16. The smallest absolute Gasteiger partial charge is 0.228 e. The van der Waals surface area contributed by atoms with E-state index >= 15 is 0 Å². The molecule has 0 unspecified atom stereocenters. The summed E-state index contributed by atoms with van der Waals surface area (Å²) < 4.78 is 12.8. The van der Waals surface area contributed by atoms with E-state index in [4.69, 9.17) is 0 Å². The van der Waals surface area contributed by atoms with Gasteiger partial charge in [-0.15, -0.1) is 10.2 Å². The van der Waals surface area contributed by atoms with Crippen LogP contribution in [0.15, 0.2) is 24.3 Å². The molecule has 0 bridgehead atoms. The maximum atomic E-state index is 12.8. The third-order valence-electron chi connectivity index (χ3n) is 2.27. The molecule has 0 aliphatic carbocycles. The van der Waals surface area contributed by atoms with Gasteiger partial charge < -0.3 is 5.32 Å². The van der Waals surface area contributed by atoms with Gasteiger partial charge in [-0.05, 0) is 24.3 Å². The molecule has 1 N–H and O–H groups in total. The minimum absolute atomic E-state index is 0.100. The van der Waals surface area contributed by atoms with Crippen molar-refractivity contribution in [1.29, 1.82) is 0 Å². The number of halogens is 1. The SMILES string of the molecule is CC(C)C(=O)Nc1nnc(-c2ccc(F)cc2)s1. The summed E-state index contributed by atoms with van der Waals surface area (Å²) in [6, 6.07) is 5.99. The molecule has 0 fully saturated rings. The lowest BCUT2D eigenvalue weighted by atomic mass is 10.2. The van der Waals surface area contributed by atoms with Crippen LogP contribution in [0.5, 0.6) is 0 Å². The molecule has 6 heteroatoms. The monoisotopic (exact) mass is 265 g/mol. The molecule has 1 aromatic carbocycles. The Kier molecular flexibility index (Phi) is 3.66. The number of aromatic nitrogens is 2. The van der Waals surface area contributed by atoms with E-state index in [-0.39, 0.29) is 17.6 Å². The van der Waals surface area contributed by atoms with Crippen molar-refractivity contribution < 1.29 is 9.18 Å². The average molecular weight is 265 g/mol. The van der Waals surface area contributed by atoms with Gasteiger partial charge in [0.15, 0.2) is 0 Å². The number of nitrogens with one attached hydrogen (secondary N) is 1. The van der Waals surface area contributed by atoms with Crippen molar-refractivity contribution in [2.45, 2.75) is 13.8 Å². The van der Waals surface area contributed by atoms with E-state index < -0.39 is 0 Å². The molecule has 18 heavy (non-hydrogen) atoms. The molecule has 1 amide bonds. The fraction of sp³-hybridized carbons (Fsp3) is 0.250. The first-order valence-electron chi connectivity index (χ1n) is 5.46. The molecule has 2 aromatic rings. The van der Waals surface area contributed by atoms with Crippen molar-refractivity contribution in [3.8, 4) is 10.6 Å². The molecule has 94 valence electrons. The van der Waals surface area contributed by atoms with Gasteiger partial charge in [0.1, 0.15) is 10.8 Å². The van der Waals surface area contributed by atoms with Crippen LogP contribution in [-0.2, 0) is 4.79 Å². The second-order valence-corrected chi connectivity index (χ2v) is 5.04. The Hall–Kier alpha value is -1.82. The summed E-state index contributed by atoms with van der Waals surface area (Å²) in [6.07, 6.45) is 0. The van der Waals surface area contributed by atoms with Crippen molar-refractivity contribution in [3.05, 3.63) is 30.1 Å². The van der Waals surface area contributed by atoms with Gasteiger partial charge in [-0.2, -0.15) is 0 Å². The average Bonchev–Trinajstić information content (AvgIpc) is 2.78. The number of benzene rings is 1. The van der Waals surface area contributed by atoms with E-state index in [1.165, 1.54) is 23.5 Å². The molecular formula is C12H12FN3OS. The molecule has 2 rings (SSSR count). The Morgan fingerprint density at radius 3 is 2.56 bits per heavy atom. The Morgan fingerprint density at radius 1 is 1.28 bits per heavy atom. The van der Waals surface area contributed by atoms with Gasteiger partial charge >= 0.3 is 0 Å². The highest BCUT2D eigenvalue weighted by atomic mass is 32.1. The van der Waals surface area contributed by atoms with Crippen LogP contribution < -0.4 is 5.32 Å². The van der Waals surface area contributed by atoms with Gasteiger partial charge in [0.2, 0.25) is 11.0 Å². The number of hydrogen-bond acceptors (Lipinski definition) is 4. The molecule has 0 spiro atoms. The molecular weight excluding hydrogens is 253 g/mol. The number of carbonyl (C=O) groups excluding carboxylic acids is 1. The highest BCUT2D eigenvalue weighted by Gasteiger charge is 2.11. The summed E-state index contributed by atoms with van der Waals surface area (Å²) in [5.74, 6) is -0.503. The van der Waals surface area contributed by atoms with Crippen LogP contribution in [0.1, 0.15) is 13.8 Å². The molecule has 0 saturated heterocycles. The molecule has 0 aliphatic heterocycles. The van der Waals surface area contributed by atoms with Crippen LogP contribution in [0, 0.1) is 11.7 Å². The minimum atomic E-state index is -0.295. The molecule has 4 nitrogen and oxygen atoms in total. The molecule has 0 radical (unpaired) electrons. The Bertz CT molecular complexity index is 551. The third kappa shape index (κ3) is 2.89. The van der Waals surface area contributed by atoms with E-state index in [0.717, 1.165) is 5.56 Å². The van der Waals surface area contributed by atoms with Crippen molar-refractivity contribution >= 4 is 22.4 Å². The summed E-state index contributed by atoms with van der Waals surface area (Å²) in [5.41, 5.74) is 0.777. The fourth-order valence-electron chi connectivity index (χ4n) is 1.23. The zero-order chi connectivity index (χ0) is 13.1. The number of nitrogens with zero attached hydrogens (tertiary/aromatic N) is 2. The molecule has 0 aliphatic rings. The van der Waals surface area contributed by atoms with Crippen LogP contribution in [0.2, 0.25) is 0 Å². The number of rotatable bonds is 3. The van der Waals surface area contributed by atoms with Crippen molar-refractivity contribution in [3.63, 3.8) is 0 Å². The van der Waals surface area contributed by atoms with E-state index in [2.05, 4.69) is 15.5 Å². The van der Waals surface area contributed by atoms with E-state index in [1.807, 2.05) is 0 Å². The molecule has 1 heterocycles. The predicted octanol–water partition coefficient (Wildman–Crippen LogP) is 2.94. The number of amides is 1. The zero-order valence-corrected chi connectivity index (χ0v) is 10.8. The van der Waals surface area contributed by atoms with Crippen LogP contribution in [-0.4, -0.2) is 16.1 Å². The molecule has 0 saturated carbocycles. The highest BCUT2D eigenvalue weighted by molar-refractivity contribution is 7.18. The first kappa shape index (κ1) is 12.6.